The van der Waals surface area contributed by atoms with Crippen LogP contribution in [0.4, 0.5) is 0 Å². The molecule has 3 rings (SSSR count). The number of aliphatic imine (C=N–C) groups is 1. The van der Waals surface area contributed by atoms with E-state index in [-0.39, 0.29) is 0 Å². The average molecular weight is 256 g/mol. The molecule has 2 aromatic rings. The number of amidine groups is 1. The minimum absolute atomic E-state index is 0.963. The molecule has 18 heavy (non-hydrogen) atoms. The maximum absolute atomic E-state index is 4.49. The molecule has 0 unspecified atom stereocenters. The third-order valence-electron chi connectivity index (χ3n) is 3.11. The predicted molar refractivity (Wildman–Crippen MR) is 80.2 cm³/mol. The molecule has 0 bridgehead atoms. The molecule has 1 aliphatic rings. The van der Waals surface area contributed by atoms with Crippen LogP contribution in [0.1, 0.15) is 12.0 Å². The highest BCUT2D eigenvalue weighted by molar-refractivity contribution is 8.13. The van der Waals surface area contributed by atoms with Crippen molar-refractivity contribution in [2.75, 3.05) is 13.1 Å². The summed E-state index contributed by atoms with van der Waals surface area (Å²) < 4.78 is 0. The fourth-order valence-corrected chi connectivity index (χ4v) is 3.10. The Kier molecular flexibility index (Phi) is 3.51. The number of hydrogen-bond donors (Lipinski definition) is 1. The summed E-state index contributed by atoms with van der Waals surface area (Å²) in [6.45, 7) is 2.02. The fourth-order valence-electron chi connectivity index (χ4n) is 2.17. The molecule has 2 nitrogen and oxygen atoms in total. The van der Waals surface area contributed by atoms with Gasteiger partial charge >= 0.3 is 0 Å². The van der Waals surface area contributed by atoms with Crippen molar-refractivity contribution in [1.29, 1.82) is 0 Å². The molecule has 0 aliphatic carbocycles. The first-order chi connectivity index (χ1) is 8.93. The summed E-state index contributed by atoms with van der Waals surface area (Å²) in [6, 6.07) is 15.1. The molecular formula is C15H16N2S. The Balaban J connectivity index is 1.80. The number of rotatable bonds is 2. The third-order valence-corrected chi connectivity index (χ3v) is 4.11. The number of hydrogen-bond acceptors (Lipinski definition) is 3. The second-order valence-corrected chi connectivity index (χ2v) is 5.36. The highest BCUT2D eigenvalue weighted by Gasteiger charge is 2.06. The third kappa shape index (κ3) is 2.51. The smallest absolute Gasteiger partial charge is 0.156 e. The topological polar surface area (TPSA) is 24.4 Å². The molecule has 1 aliphatic heterocycles. The molecule has 0 fully saturated rings. The SMILES string of the molecule is c1ccc2c(CSC3=NCCCN3)cccc2c1. The number of nitrogens with zero attached hydrogens (tertiary/aromatic N) is 1. The van der Waals surface area contributed by atoms with Gasteiger partial charge in [0.15, 0.2) is 5.17 Å². The molecule has 0 atom stereocenters. The van der Waals surface area contributed by atoms with Crippen LogP contribution in [-0.4, -0.2) is 18.3 Å². The Labute approximate surface area is 112 Å². The van der Waals surface area contributed by atoms with Gasteiger partial charge in [0, 0.05) is 18.8 Å². The van der Waals surface area contributed by atoms with E-state index < -0.39 is 0 Å². The van der Waals surface area contributed by atoms with Gasteiger partial charge in [0.2, 0.25) is 0 Å². The monoisotopic (exact) mass is 256 g/mol. The molecule has 0 saturated carbocycles. The molecule has 2 aromatic carbocycles. The molecule has 0 aromatic heterocycles. The largest absolute Gasteiger partial charge is 0.365 e. The van der Waals surface area contributed by atoms with Gasteiger partial charge in [-0.25, -0.2) is 0 Å². The molecule has 3 heteroatoms. The van der Waals surface area contributed by atoms with Crippen LogP contribution in [0.15, 0.2) is 47.5 Å². The second-order valence-electron chi connectivity index (χ2n) is 4.39. The zero-order chi connectivity index (χ0) is 12.2. The van der Waals surface area contributed by atoms with Gasteiger partial charge in [-0.15, -0.1) is 0 Å². The Bertz CT molecular complexity index is 572. The fraction of sp³-hybridized carbons (Fsp3) is 0.267. The first-order valence-electron chi connectivity index (χ1n) is 6.31. The van der Waals surface area contributed by atoms with E-state index in [4.69, 9.17) is 0 Å². The number of nitrogens with one attached hydrogen (secondary N) is 1. The van der Waals surface area contributed by atoms with Crippen LogP contribution in [-0.2, 0) is 5.75 Å². The van der Waals surface area contributed by atoms with E-state index in [1.165, 1.54) is 16.3 Å². The van der Waals surface area contributed by atoms with Crippen molar-refractivity contribution in [2.45, 2.75) is 12.2 Å². The summed E-state index contributed by atoms with van der Waals surface area (Å²) in [5.74, 6) is 0.979. The van der Waals surface area contributed by atoms with Crippen molar-refractivity contribution in [3.05, 3.63) is 48.0 Å². The van der Waals surface area contributed by atoms with E-state index in [0.29, 0.717) is 0 Å². The van der Waals surface area contributed by atoms with Crippen molar-refractivity contribution in [2.24, 2.45) is 4.99 Å². The number of thioether (sulfide) groups is 1. The van der Waals surface area contributed by atoms with Crippen molar-refractivity contribution in [1.82, 2.24) is 5.32 Å². The van der Waals surface area contributed by atoms with Crippen LogP contribution < -0.4 is 5.32 Å². The highest BCUT2D eigenvalue weighted by atomic mass is 32.2. The molecule has 0 spiro atoms. The Morgan fingerprint density at radius 1 is 1.11 bits per heavy atom. The normalized spacial score (nSPS) is 15.2. The lowest BCUT2D eigenvalue weighted by Crippen LogP contribution is -2.26. The van der Waals surface area contributed by atoms with Crippen LogP contribution in [0.3, 0.4) is 0 Å². The van der Waals surface area contributed by atoms with Gasteiger partial charge in [-0.1, -0.05) is 54.2 Å². The van der Waals surface area contributed by atoms with Crippen molar-refractivity contribution >= 4 is 27.7 Å². The van der Waals surface area contributed by atoms with Crippen LogP contribution in [0, 0.1) is 0 Å². The Morgan fingerprint density at radius 3 is 2.89 bits per heavy atom. The molecular weight excluding hydrogens is 240 g/mol. The summed E-state index contributed by atoms with van der Waals surface area (Å²) in [5.41, 5.74) is 1.38. The second kappa shape index (κ2) is 5.44. The lowest BCUT2D eigenvalue weighted by molar-refractivity contribution is 0.751. The maximum Gasteiger partial charge on any atom is 0.156 e. The zero-order valence-corrected chi connectivity index (χ0v) is 11.0. The van der Waals surface area contributed by atoms with E-state index in [2.05, 4.69) is 52.8 Å². The Hall–Kier alpha value is -1.48. The number of benzene rings is 2. The van der Waals surface area contributed by atoms with Gasteiger partial charge in [-0.3, -0.25) is 4.99 Å². The van der Waals surface area contributed by atoms with Crippen LogP contribution in [0.5, 0.6) is 0 Å². The van der Waals surface area contributed by atoms with E-state index >= 15 is 0 Å². The summed E-state index contributed by atoms with van der Waals surface area (Å²) in [4.78, 5) is 4.49. The standard InChI is InChI=1S/C15H16N2S/c1-2-8-14-12(5-1)6-3-7-13(14)11-18-15-16-9-4-10-17-15/h1-3,5-8H,4,9-11H2,(H,16,17). The van der Waals surface area contributed by atoms with Gasteiger partial charge in [0.25, 0.3) is 0 Å². The molecule has 1 N–H and O–H groups in total. The van der Waals surface area contributed by atoms with Crippen molar-refractivity contribution in [3.8, 4) is 0 Å². The van der Waals surface area contributed by atoms with Crippen molar-refractivity contribution in [3.63, 3.8) is 0 Å². The summed E-state index contributed by atoms with van der Waals surface area (Å²) in [6.07, 6.45) is 1.15. The van der Waals surface area contributed by atoms with Gasteiger partial charge in [-0.2, -0.15) is 0 Å². The van der Waals surface area contributed by atoms with Crippen molar-refractivity contribution < 1.29 is 0 Å². The predicted octanol–water partition coefficient (Wildman–Crippen LogP) is 3.42. The average Bonchev–Trinajstić information content (AvgIpc) is 2.46. The van der Waals surface area contributed by atoms with E-state index in [9.17, 15) is 0 Å². The van der Waals surface area contributed by atoms with E-state index in [0.717, 1.165) is 30.4 Å². The lowest BCUT2D eigenvalue weighted by atomic mass is 10.1. The maximum atomic E-state index is 4.49. The van der Waals surface area contributed by atoms with E-state index in [1.807, 2.05) is 0 Å². The van der Waals surface area contributed by atoms with Crippen LogP contribution >= 0.6 is 11.8 Å². The number of fused-ring (bicyclic) bond motifs is 1. The minimum atomic E-state index is 0.963. The van der Waals surface area contributed by atoms with Gasteiger partial charge in [0.05, 0.1) is 0 Å². The summed E-state index contributed by atoms with van der Waals surface area (Å²) in [7, 11) is 0. The van der Waals surface area contributed by atoms with Gasteiger partial charge in [-0.05, 0) is 22.8 Å². The van der Waals surface area contributed by atoms with Crippen LogP contribution in [0.25, 0.3) is 10.8 Å². The quantitative estimate of drug-likeness (QED) is 0.890. The summed E-state index contributed by atoms with van der Waals surface area (Å²) in [5, 5.41) is 7.11. The summed E-state index contributed by atoms with van der Waals surface area (Å²) >= 11 is 1.80. The minimum Gasteiger partial charge on any atom is -0.365 e. The molecule has 0 saturated heterocycles. The Morgan fingerprint density at radius 2 is 2.00 bits per heavy atom. The zero-order valence-electron chi connectivity index (χ0n) is 10.2. The molecule has 1 heterocycles. The highest BCUT2D eigenvalue weighted by Crippen LogP contribution is 2.23. The molecule has 0 amide bonds. The van der Waals surface area contributed by atoms with E-state index in [1.54, 1.807) is 11.8 Å². The molecule has 0 radical (unpaired) electrons. The molecule has 92 valence electrons. The first-order valence-corrected chi connectivity index (χ1v) is 7.30. The lowest BCUT2D eigenvalue weighted by Gasteiger charge is -2.14. The van der Waals surface area contributed by atoms with Gasteiger partial charge in [0.1, 0.15) is 0 Å². The van der Waals surface area contributed by atoms with Gasteiger partial charge < -0.3 is 5.32 Å². The first kappa shape index (κ1) is 11.6. The van der Waals surface area contributed by atoms with Crippen LogP contribution in [0.2, 0.25) is 0 Å².